The molecule has 0 aliphatic heterocycles. The van der Waals surface area contributed by atoms with Crippen LogP contribution in [-0.2, 0) is 13.2 Å². The Morgan fingerprint density at radius 1 is 1.29 bits per heavy atom. The van der Waals surface area contributed by atoms with Gasteiger partial charge >= 0.3 is 0 Å². The lowest BCUT2D eigenvalue weighted by atomic mass is 10.2. The quantitative estimate of drug-likeness (QED) is 0.753. The first-order valence-electron chi connectivity index (χ1n) is 7.02. The lowest BCUT2D eigenvalue weighted by Crippen LogP contribution is -2.13. The van der Waals surface area contributed by atoms with Gasteiger partial charge in [-0.25, -0.2) is 0 Å². The van der Waals surface area contributed by atoms with Crippen LogP contribution in [0, 0.1) is 6.92 Å². The van der Waals surface area contributed by atoms with E-state index in [9.17, 15) is 0 Å². The van der Waals surface area contributed by atoms with Crippen molar-refractivity contribution in [2.75, 3.05) is 13.7 Å². The molecule has 6 nitrogen and oxygen atoms in total. The number of nitrogens with one attached hydrogen (secondary N) is 1. The highest BCUT2D eigenvalue weighted by atomic mass is 16.5. The maximum atomic E-state index is 5.74. The zero-order chi connectivity index (χ0) is 15.1. The molecular weight excluding hydrogens is 270 g/mol. The second kappa shape index (κ2) is 7.64. The Labute approximate surface area is 124 Å². The Bertz CT molecular complexity index is 569. The molecule has 0 amide bonds. The van der Waals surface area contributed by atoms with Gasteiger partial charge in [-0.05, 0) is 30.7 Å². The third-order valence-corrected chi connectivity index (χ3v) is 2.91. The third kappa shape index (κ3) is 4.46. The van der Waals surface area contributed by atoms with Gasteiger partial charge in [0.15, 0.2) is 18.1 Å². The molecule has 0 spiro atoms. The first-order valence-corrected chi connectivity index (χ1v) is 7.02. The predicted molar refractivity (Wildman–Crippen MR) is 78.4 cm³/mol. The molecule has 2 aromatic rings. The van der Waals surface area contributed by atoms with Crippen molar-refractivity contribution in [2.45, 2.75) is 33.4 Å². The highest BCUT2D eigenvalue weighted by Gasteiger charge is 2.09. The van der Waals surface area contributed by atoms with E-state index in [1.54, 1.807) is 14.0 Å². The fraction of sp³-hybridized carbons (Fsp3) is 0.467. The molecular formula is C15H21N3O3. The van der Waals surface area contributed by atoms with E-state index in [0.717, 1.165) is 25.1 Å². The first-order chi connectivity index (χ1) is 10.2. The van der Waals surface area contributed by atoms with Gasteiger partial charge in [-0.2, -0.15) is 4.98 Å². The molecule has 0 atom stereocenters. The smallest absolute Gasteiger partial charge is 0.223 e. The first kappa shape index (κ1) is 15.3. The Balaban J connectivity index is 2.02. The van der Waals surface area contributed by atoms with Gasteiger partial charge in [0.05, 0.1) is 7.11 Å². The van der Waals surface area contributed by atoms with Crippen LogP contribution in [0.15, 0.2) is 22.7 Å². The molecule has 0 unspecified atom stereocenters. The van der Waals surface area contributed by atoms with Crippen LogP contribution >= 0.6 is 0 Å². The second-order valence-electron chi connectivity index (χ2n) is 4.68. The number of rotatable bonds is 8. The summed E-state index contributed by atoms with van der Waals surface area (Å²) in [6.07, 6.45) is 1.11. The monoisotopic (exact) mass is 291 g/mol. The van der Waals surface area contributed by atoms with Crippen LogP contribution in [0.25, 0.3) is 0 Å². The molecule has 114 valence electrons. The minimum absolute atomic E-state index is 0.250. The maximum absolute atomic E-state index is 5.74. The highest BCUT2D eigenvalue weighted by Crippen LogP contribution is 2.28. The summed E-state index contributed by atoms with van der Waals surface area (Å²) in [7, 11) is 1.62. The second-order valence-corrected chi connectivity index (χ2v) is 4.68. The van der Waals surface area contributed by atoms with E-state index in [4.69, 9.17) is 14.0 Å². The number of ether oxygens (including phenoxy) is 2. The molecule has 0 radical (unpaired) electrons. The average molecular weight is 291 g/mol. The Hall–Kier alpha value is -2.08. The number of benzene rings is 1. The lowest BCUT2D eigenvalue weighted by Gasteiger charge is -2.11. The summed E-state index contributed by atoms with van der Waals surface area (Å²) in [5, 5.41) is 7.16. The summed E-state index contributed by atoms with van der Waals surface area (Å²) in [4.78, 5) is 4.11. The van der Waals surface area contributed by atoms with Crippen LogP contribution in [0.4, 0.5) is 0 Å². The molecule has 1 aromatic carbocycles. The zero-order valence-corrected chi connectivity index (χ0v) is 12.7. The van der Waals surface area contributed by atoms with E-state index in [2.05, 4.69) is 22.4 Å². The fourth-order valence-corrected chi connectivity index (χ4v) is 1.90. The number of nitrogens with zero attached hydrogens (tertiary/aromatic N) is 2. The standard InChI is InChI=1S/C15H21N3O3/c1-4-7-16-9-12-5-6-13(19-3)14(8-12)20-10-15-17-11(2)21-18-15/h5-6,8,16H,4,7,9-10H2,1-3H3. The van der Waals surface area contributed by atoms with Crippen LogP contribution in [0.1, 0.15) is 30.6 Å². The van der Waals surface area contributed by atoms with E-state index in [1.807, 2.05) is 18.2 Å². The van der Waals surface area contributed by atoms with Crippen molar-refractivity contribution < 1.29 is 14.0 Å². The van der Waals surface area contributed by atoms with Crippen molar-refractivity contribution in [3.8, 4) is 11.5 Å². The summed E-state index contributed by atoms with van der Waals surface area (Å²) < 4.78 is 16.0. The fourth-order valence-electron chi connectivity index (χ4n) is 1.90. The predicted octanol–water partition coefficient (Wildman–Crippen LogP) is 2.47. The van der Waals surface area contributed by atoms with Crippen LogP contribution < -0.4 is 14.8 Å². The molecule has 0 saturated heterocycles. The Morgan fingerprint density at radius 3 is 2.81 bits per heavy atom. The van der Waals surface area contributed by atoms with E-state index in [-0.39, 0.29) is 6.61 Å². The number of aryl methyl sites for hydroxylation is 1. The van der Waals surface area contributed by atoms with Gasteiger partial charge in [0.1, 0.15) is 0 Å². The van der Waals surface area contributed by atoms with Gasteiger partial charge in [0, 0.05) is 13.5 Å². The van der Waals surface area contributed by atoms with Crippen molar-refractivity contribution in [1.29, 1.82) is 0 Å². The van der Waals surface area contributed by atoms with E-state index >= 15 is 0 Å². The van der Waals surface area contributed by atoms with E-state index in [0.29, 0.717) is 23.2 Å². The molecule has 1 N–H and O–H groups in total. The van der Waals surface area contributed by atoms with Crippen molar-refractivity contribution in [2.24, 2.45) is 0 Å². The van der Waals surface area contributed by atoms with Crippen molar-refractivity contribution >= 4 is 0 Å². The number of methoxy groups -OCH3 is 1. The van der Waals surface area contributed by atoms with Crippen LogP contribution in [0.2, 0.25) is 0 Å². The summed E-state index contributed by atoms with van der Waals surface area (Å²) in [6.45, 7) is 5.93. The van der Waals surface area contributed by atoms with E-state index in [1.165, 1.54) is 0 Å². The van der Waals surface area contributed by atoms with Crippen LogP contribution in [-0.4, -0.2) is 23.8 Å². The Morgan fingerprint density at radius 2 is 2.14 bits per heavy atom. The maximum Gasteiger partial charge on any atom is 0.223 e. The summed E-state index contributed by atoms with van der Waals surface area (Å²) in [5.74, 6) is 2.41. The van der Waals surface area contributed by atoms with Gasteiger partial charge in [-0.15, -0.1) is 0 Å². The van der Waals surface area contributed by atoms with E-state index < -0.39 is 0 Å². The highest BCUT2D eigenvalue weighted by molar-refractivity contribution is 5.43. The summed E-state index contributed by atoms with van der Waals surface area (Å²) in [6, 6.07) is 5.89. The van der Waals surface area contributed by atoms with Gasteiger partial charge in [0.2, 0.25) is 11.7 Å². The minimum Gasteiger partial charge on any atom is -0.493 e. The molecule has 1 aromatic heterocycles. The zero-order valence-electron chi connectivity index (χ0n) is 12.7. The number of aromatic nitrogens is 2. The van der Waals surface area contributed by atoms with Crippen molar-refractivity contribution in [1.82, 2.24) is 15.5 Å². The lowest BCUT2D eigenvalue weighted by molar-refractivity contribution is 0.269. The SMILES string of the molecule is CCCNCc1ccc(OC)c(OCc2noc(C)n2)c1. The number of hydrogen-bond acceptors (Lipinski definition) is 6. The molecule has 0 fully saturated rings. The molecule has 2 rings (SSSR count). The van der Waals surface area contributed by atoms with Gasteiger partial charge in [0.25, 0.3) is 0 Å². The normalized spacial score (nSPS) is 10.6. The third-order valence-electron chi connectivity index (χ3n) is 2.91. The van der Waals surface area contributed by atoms with Gasteiger partial charge < -0.3 is 19.3 Å². The van der Waals surface area contributed by atoms with Gasteiger partial charge in [-0.1, -0.05) is 18.1 Å². The summed E-state index contributed by atoms with van der Waals surface area (Å²) in [5.41, 5.74) is 1.14. The molecule has 0 bridgehead atoms. The van der Waals surface area contributed by atoms with Crippen LogP contribution in [0.5, 0.6) is 11.5 Å². The number of hydrogen-bond donors (Lipinski definition) is 1. The van der Waals surface area contributed by atoms with Crippen molar-refractivity contribution in [3.63, 3.8) is 0 Å². The van der Waals surface area contributed by atoms with Gasteiger partial charge in [-0.3, -0.25) is 0 Å². The summed E-state index contributed by atoms with van der Waals surface area (Å²) >= 11 is 0. The molecule has 6 heteroatoms. The molecule has 0 aliphatic rings. The van der Waals surface area contributed by atoms with Crippen LogP contribution in [0.3, 0.4) is 0 Å². The Kier molecular flexibility index (Phi) is 5.57. The molecule has 21 heavy (non-hydrogen) atoms. The topological polar surface area (TPSA) is 69.4 Å². The van der Waals surface area contributed by atoms with Crippen molar-refractivity contribution in [3.05, 3.63) is 35.5 Å². The average Bonchev–Trinajstić information content (AvgIpc) is 2.91. The minimum atomic E-state index is 0.250. The molecule has 0 aliphatic carbocycles. The largest absolute Gasteiger partial charge is 0.493 e. The molecule has 1 heterocycles. The molecule has 0 saturated carbocycles.